The maximum absolute atomic E-state index is 13.9. The molecule has 0 aromatic heterocycles. The van der Waals surface area contributed by atoms with Crippen LogP contribution in [0.4, 0.5) is 10.1 Å². The monoisotopic (exact) mass is 311 g/mol. The van der Waals surface area contributed by atoms with Gasteiger partial charge in [-0.2, -0.15) is 0 Å². The van der Waals surface area contributed by atoms with E-state index >= 15 is 0 Å². The summed E-state index contributed by atoms with van der Waals surface area (Å²) in [6.07, 6.45) is -0.825. The third kappa shape index (κ3) is 3.48. The molecule has 1 unspecified atom stereocenters. The number of hydrogen-bond donors (Lipinski definition) is 1. The number of hydrogen-bond acceptors (Lipinski definition) is 4. The molecule has 0 saturated carbocycles. The molecular formula is C14H11ClFNO4. The molecular weight excluding hydrogens is 301 g/mol. The highest BCUT2D eigenvalue weighted by atomic mass is 35.5. The van der Waals surface area contributed by atoms with E-state index in [0.717, 1.165) is 6.07 Å². The smallest absolute Gasteiger partial charge is 0.311 e. The highest BCUT2D eigenvalue weighted by molar-refractivity contribution is 6.30. The van der Waals surface area contributed by atoms with Gasteiger partial charge in [0.2, 0.25) is 5.75 Å². The molecule has 0 radical (unpaired) electrons. The summed E-state index contributed by atoms with van der Waals surface area (Å²) < 4.78 is 19.1. The Labute approximate surface area is 124 Å². The van der Waals surface area contributed by atoms with Gasteiger partial charge in [0.25, 0.3) is 0 Å². The van der Waals surface area contributed by atoms with E-state index < -0.39 is 16.8 Å². The fourth-order valence-electron chi connectivity index (χ4n) is 1.70. The van der Waals surface area contributed by atoms with Gasteiger partial charge in [-0.25, -0.2) is 4.39 Å². The van der Waals surface area contributed by atoms with Gasteiger partial charge in [-0.1, -0.05) is 17.7 Å². The molecule has 7 heteroatoms. The van der Waals surface area contributed by atoms with Gasteiger partial charge < -0.3 is 9.84 Å². The van der Waals surface area contributed by atoms with E-state index in [2.05, 4.69) is 0 Å². The van der Waals surface area contributed by atoms with Gasteiger partial charge in [0, 0.05) is 17.2 Å². The van der Waals surface area contributed by atoms with Crippen molar-refractivity contribution in [2.45, 2.75) is 13.0 Å². The molecule has 21 heavy (non-hydrogen) atoms. The second kappa shape index (κ2) is 6.07. The second-order valence-corrected chi connectivity index (χ2v) is 4.77. The maximum Gasteiger partial charge on any atom is 0.311 e. The van der Waals surface area contributed by atoms with Crippen molar-refractivity contribution < 1.29 is 19.2 Å². The largest absolute Gasteiger partial charge is 0.447 e. The van der Waals surface area contributed by atoms with Crippen LogP contribution in [-0.2, 0) is 0 Å². The molecule has 0 fully saturated rings. The van der Waals surface area contributed by atoms with Crippen molar-refractivity contribution in [1.29, 1.82) is 0 Å². The van der Waals surface area contributed by atoms with Crippen molar-refractivity contribution in [3.8, 4) is 11.5 Å². The lowest BCUT2D eigenvalue weighted by atomic mass is 10.1. The minimum atomic E-state index is -0.825. The Balaban J connectivity index is 2.38. The number of aliphatic hydroxyl groups excluding tert-OH is 1. The zero-order valence-electron chi connectivity index (χ0n) is 10.9. The van der Waals surface area contributed by atoms with E-state index in [0.29, 0.717) is 5.56 Å². The predicted octanol–water partition coefficient (Wildman–Crippen LogP) is 4.23. The summed E-state index contributed by atoms with van der Waals surface area (Å²) in [6.45, 7) is 1.50. The topological polar surface area (TPSA) is 72.6 Å². The van der Waals surface area contributed by atoms with E-state index in [4.69, 9.17) is 16.3 Å². The molecule has 110 valence electrons. The molecule has 0 aliphatic rings. The van der Waals surface area contributed by atoms with Gasteiger partial charge >= 0.3 is 5.69 Å². The molecule has 2 rings (SSSR count). The number of aliphatic hydroxyl groups is 1. The predicted molar refractivity (Wildman–Crippen MR) is 75.2 cm³/mol. The summed E-state index contributed by atoms with van der Waals surface area (Å²) in [5.41, 5.74) is 0.0545. The summed E-state index contributed by atoms with van der Waals surface area (Å²) >= 11 is 5.76. The van der Waals surface area contributed by atoms with Gasteiger partial charge in [0.1, 0.15) is 0 Å². The molecule has 0 spiro atoms. The minimum absolute atomic E-state index is 0.156. The first-order valence-corrected chi connectivity index (χ1v) is 6.35. The van der Waals surface area contributed by atoms with E-state index in [1.54, 1.807) is 0 Å². The van der Waals surface area contributed by atoms with Crippen molar-refractivity contribution in [3.05, 3.63) is 62.9 Å². The standard InChI is InChI=1S/C14H11ClFNO4/c1-8(18)9-2-5-13(11(16)6-9)21-14-7-10(15)3-4-12(14)17(19)20/h2-8,18H,1H3. The van der Waals surface area contributed by atoms with Gasteiger partial charge in [-0.15, -0.1) is 0 Å². The van der Waals surface area contributed by atoms with Gasteiger partial charge in [0.05, 0.1) is 11.0 Å². The Kier molecular flexibility index (Phi) is 4.40. The van der Waals surface area contributed by atoms with Crippen LogP contribution in [0.5, 0.6) is 11.5 Å². The van der Waals surface area contributed by atoms with E-state index in [1.165, 1.54) is 37.3 Å². The summed E-state index contributed by atoms with van der Waals surface area (Å²) in [5.74, 6) is -1.08. The van der Waals surface area contributed by atoms with Crippen molar-refractivity contribution >= 4 is 17.3 Å². The third-order valence-electron chi connectivity index (χ3n) is 2.78. The first kappa shape index (κ1) is 15.2. The van der Waals surface area contributed by atoms with Crippen LogP contribution in [0, 0.1) is 15.9 Å². The summed E-state index contributed by atoms with van der Waals surface area (Å²) in [5, 5.41) is 20.5. The summed E-state index contributed by atoms with van der Waals surface area (Å²) in [4.78, 5) is 10.3. The van der Waals surface area contributed by atoms with Crippen molar-refractivity contribution in [2.75, 3.05) is 0 Å². The van der Waals surface area contributed by atoms with Crippen molar-refractivity contribution in [1.82, 2.24) is 0 Å². The van der Waals surface area contributed by atoms with Crippen LogP contribution in [0.15, 0.2) is 36.4 Å². The molecule has 0 aliphatic carbocycles. The molecule has 1 atom stereocenters. The van der Waals surface area contributed by atoms with Gasteiger partial charge in [-0.05, 0) is 30.7 Å². The average molecular weight is 312 g/mol. The van der Waals surface area contributed by atoms with Crippen LogP contribution in [0.3, 0.4) is 0 Å². The molecule has 5 nitrogen and oxygen atoms in total. The summed E-state index contributed by atoms with van der Waals surface area (Å²) in [7, 11) is 0. The van der Waals surface area contributed by atoms with Crippen LogP contribution < -0.4 is 4.74 Å². The zero-order valence-corrected chi connectivity index (χ0v) is 11.7. The Morgan fingerprint density at radius 1 is 1.29 bits per heavy atom. The number of nitrogens with zero attached hydrogens (tertiary/aromatic N) is 1. The van der Waals surface area contributed by atoms with Crippen molar-refractivity contribution in [2.24, 2.45) is 0 Å². The summed E-state index contributed by atoms with van der Waals surface area (Å²) in [6, 6.07) is 7.64. The van der Waals surface area contributed by atoms with Gasteiger partial charge in [-0.3, -0.25) is 10.1 Å². The molecule has 0 amide bonds. The number of benzene rings is 2. The zero-order chi connectivity index (χ0) is 15.6. The van der Waals surface area contributed by atoms with Crippen LogP contribution in [0.25, 0.3) is 0 Å². The quantitative estimate of drug-likeness (QED) is 0.677. The van der Waals surface area contributed by atoms with E-state index in [9.17, 15) is 19.6 Å². The number of rotatable bonds is 4. The lowest BCUT2D eigenvalue weighted by molar-refractivity contribution is -0.385. The Morgan fingerprint density at radius 2 is 2.00 bits per heavy atom. The molecule has 0 aliphatic heterocycles. The lowest BCUT2D eigenvalue weighted by Crippen LogP contribution is -1.97. The fraction of sp³-hybridized carbons (Fsp3) is 0.143. The number of nitro benzene ring substituents is 1. The first-order chi connectivity index (χ1) is 9.88. The normalized spacial score (nSPS) is 12.0. The first-order valence-electron chi connectivity index (χ1n) is 5.98. The lowest BCUT2D eigenvalue weighted by Gasteiger charge is -2.10. The third-order valence-corrected chi connectivity index (χ3v) is 3.01. The second-order valence-electron chi connectivity index (χ2n) is 4.34. The van der Waals surface area contributed by atoms with Crippen LogP contribution in [0.1, 0.15) is 18.6 Å². The highest BCUT2D eigenvalue weighted by Crippen LogP contribution is 2.35. The SMILES string of the molecule is CC(O)c1ccc(Oc2cc(Cl)ccc2[N+](=O)[O-])c(F)c1. The molecule has 2 aromatic rings. The highest BCUT2D eigenvalue weighted by Gasteiger charge is 2.18. The number of nitro groups is 1. The van der Waals surface area contributed by atoms with E-state index in [-0.39, 0.29) is 22.2 Å². The average Bonchev–Trinajstić information content (AvgIpc) is 2.40. The minimum Gasteiger partial charge on any atom is -0.447 e. The Hall–Kier alpha value is -2.18. The van der Waals surface area contributed by atoms with Crippen LogP contribution in [-0.4, -0.2) is 10.0 Å². The molecule has 0 saturated heterocycles. The molecule has 0 bridgehead atoms. The van der Waals surface area contributed by atoms with Crippen LogP contribution in [0.2, 0.25) is 5.02 Å². The van der Waals surface area contributed by atoms with Gasteiger partial charge in [0.15, 0.2) is 11.6 Å². The Bertz CT molecular complexity index is 691. The maximum atomic E-state index is 13.9. The number of halogens is 2. The molecule has 0 heterocycles. The molecule has 1 N–H and O–H groups in total. The van der Waals surface area contributed by atoms with Crippen LogP contribution >= 0.6 is 11.6 Å². The fourth-order valence-corrected chi connectivity index (χ4v) is 1.86. The molecule has 2 aromatic carbocycles. The van der Waals surface area contributed by atoms with Crippen molar-refractivity contribution in [3.63, 3.8) is 0 Å². The Morgan fingerprint density at radius 3 is 2.57 bits per heavy atom. The number of ether oxygens (including phenoxy) is 1. The van der Waals surface area contributed by atoms with E-state index in [1.807, 2.05) is 0 Å².